The van der Waals surface area contributed by atoms with Crippen molar-refractivity contribution in [2.45, 2.75) is 0 Å². The molecule has 7 nitrogen and oxygen atoms in total. The summed E-state index contributed by atoms with van der Waals surface area (Å²) in [6, 6.07) is 11.3. The van der Waals surface area contributed by atoms with Gasteiger partial charge < -0.3 is 9.84 Å². The highest BCUT2D eigenvalue weighted by Gasteiger charge is 2.10. The van der Waals surface area contributed by atoms with Crippen LogP contribution in [0.4, 0.5) is 16.2 Å². The van der Waals surface area contributed by atoms with Crippen molar-refractivity contribution in [1.82, 2.24) is 0 Å². The van der Waals surface area contributed by atoms with Crippen LogP contribution in [0.5, 0.6) is 11.5 Å². The number of nitrogens with one attached hydrogen (secondary N) is 1. The average molecular weight is 273 g/mol. The fraction of sp³-hybridized carbons (Fsp3) is 0. The van der Waals surface area contributed by atoms with Crippen molar-refractivity contribution in [2.75, 3.05) is 5.32 Å². The summed E-state index contributed by atoms with van der Waals surface area (Å²) < 4.78 is 4.91. The second-order valence-electron chi connectivity index (χ2n) is 3.77. The minimum absolute atomic E-state index is 0.208. The lowest BCUT2D eigenvalue weighted by Crippen LogP contribution is -2.17. The lowest BCUT2D eigenvalue weighted by molar-refractivity contribution is -0.385. The van der Waals surface area contributed by atoms with Gasteiger partial charge in [0.1, 0.15) is 5.75 Å². The Morgan fingerprint density at radius 2 is 1.85 bits per heavy atom. The van der Waals surface area contributed by atoms with Gasteiger partial charge in [-0.2, -0.15) is 0 Å². The van der Waals surface area contributed by atoms with Crippen LogP contribution in [0.3, 0.4) is 0 Å². The summed E-state index contributed by atoms with van der Waals surface area (Å²) in [7, 11) is 0. The number of nitrogens with zero attached hydrogens (tertiary/aromatic N) is 1. The van der Waals surface area contributed by atoms with Crippen LogP contribution >= 0.6 is 0 Å². The maximum Gasteiger partial charge on any atom is 0.417 e. The van der Waals surface area contributed by atoms with E-state index >= 15 is 0 Å². The first-order valence-corrected chi connectivity index (χ1v) is 5.55. The van der Waals surface area contributed by atoms with Gasteiger partial charge in [-0.05, 0) is 12.1 Å². The molecule has 0 aromatic heterocycles. The van der Waals surface area contributed by atoms with Gasteiger partial charge in [0.25, 0.3) is 5.69 Å². The second kappa shape index (κ2) is 5.70. The average Bonchev–Trinajstić information content (AvgIpc) is 2.42. The molecule has 7 heteroatoms. The van der Waals surface area contributed by atoms with Crippen molar-refractivity contribution in [3.05, 3.63) is 58.6 Å². The van der Waals surface area contributed by atoms with E-state index in [4.69, 9.17) is 4.74 Å². The third kappa shape index (κ3) is 3.22. The molecule has 0 fully saturated rings. The summed E-state index contributed by atoms with van der Waals surface area (Å²) in [5.74, 6) is -0.247. The lowest BCUT2D eigenvalue weighted by Gasteiger charge is -2.13. The van der Waals surface area contributed by atoms with Crippen LogP contribution in [-0.4, -0.2) is 11.0 Å². The Bertz CT molecular complexity index is 642. The van der Waals surface area contributed by atoms with Gasteiger partial charge in [0.05, 0.1) is 4.92 Å². The molecule has 20 heavy (non-hydrogen) atoms. The smallest absolute Gasteiger partial charge is 0.417 e. The molecule has 0 saturated carbocycles. The molecule has 0 aliphatic rings. The fourth-order valence-electron chi connectivity index (χ4n) is 1.46. The molecule has 1 amide bonds. The zero-order chi connectivity index (χ0) is 14.5. The Balaban J connectivity index is 2.11. The number of rotatable bonds is 3. The minimum Gasteiger partial charge on any atom is -0.871 e. The van der Waals surface area contributed by atoms with E-state index < -0.39 is 16.8 Å². The van der Waals surface area contributed by atoms with Gasteiger partial charge in [-0.25, -0.2) is 4.79 Å². The molecule has 0 aliphatic heterocycles. The highest BCUT2D eigenvalue weighted by atomic mass is 16.6. The fourth-order valence-corrected chi connectivity index (χ4v) is 1.46. The maximum atomic E-state index is 11.6. The number of carbonyl (C=O) groups is 1. The number of nitro groups is 1. The third-order valence-corrected chi connectivity index (χ3v) is 2.36. The Hall–Kier alpha value is -3.09. The first-order chi connectivity index (χ1) is 9.56. The van der Waals surface area contributed by atoms with E-state index in [-0.39, 0.29) is 11.4 Å². The van der Waals surface area contributed by atoms with Crippen LogP contribution in [0.25, 0.3) is 0 Å². The first-order valence-electron chi connectivity index (χ1n) is 5.55. The number of non-ortho nitro benzene ring substituents is 1. The van der Waals surface area contributed by atoms with E-state index in [2.05, 4.69) is 5.32 Å². The number of para-hydroxylation sites is 1. The predicted molar refractivity (Wildman–Crippen MR) is 68.6 cm³/mol. The molecule has 0 spiro atoms. The predicted octanol–water partition coefficient (Wildman–Crippen LogP) is 2.28. The van der Waals surface area contributed by atoms with Gasteiger partial charge in [0, 0.05) is 17.8 Å². The Morgan fingerprint density at radius 3 is 2.50 bits per heavy atom. The molecule has 0 unspecified atom stereocenters. The van der Waals surface area contributed by atoms with E-state index in [1.54, 1.807) is 30.3 Å². The quantitative estimate of drug-likeness (QED) is 0.682. The monoisotopic (exact) mass is 273 g/mol. The maximum absolute atomic E-state index is 11.6. The largest absolute Gasteiger partial charge is 0.871 e. The van der Waals surface area contributed by atoms with Gasteiger partial charge >= 0.3 is 6.09 Å². The van der Waals surface area contributed by atoms with Crippen LogP contribution in [-0.2, 0) is 0 Å². The summed E-state index contributed by atoms with van der Waals surface area (Å²) in [5, 5.41) is 24.3. The zero-order valence-corrected chi connectivity index (χ0v) is 10.1. The molecule has 2 aromatic carbocycles. The minimum atomic E-state index is -0.895. The van der Waals surface area contributed by atoms with Crippen molar-refractivity contribution >= 4 is 17.5 Å². The van der Waals surface area contributed by atoms with Gasteiger partial charge in [-0.15, -0.1) is 0 Å². The normalized spacial score (nSPS) is 9.80. The van der Waals surface area contributed by atoms with Crippen LogP contribution in [0.1, 0.15) is 0 Å². The Kier molecular flexibility index (Phi) is 3.80. The van der Waals surface area contributed by atoms with Gasteiger partial charge in [0.2, 0.25) is 0 Å². The van der Waals surface area contributed by atoms with E-state index in [0.717, 1.165) is 18.2 Å². The van der Waals surface area contributed by atoms with Crippen LogP contribution in [0, 0.1) is 10.1 Å². The summed E-state index contributed by atoms with van der Waals surface area (Å²) in [4.78, 5) is 21.5. The molecular formula is C13H9N2O5-. The van der Waals surface area contributed by atoms with Crippen molar-refractivity contribution in [3.8, 4) is 11.5 Å². The summed E-state index contributed by atoms with van der Waals surface area (Å²) >= 11 is 0. The number of benzene rings is 2. The molecular weight excluding hydrogens is 264 g/mol. The van der Waals surface area contributed by atoms with E-state index in [1.165, 1.54) is 0 Å². The molecule has 1 N–H and O–H groups in total. The van der Waals surface area contributed by atoms with Crippen molar-refractivity contribution in [2.24, 2.45) is 0 Å². The SMILES string of the molecule is O=C(Nc1cc([N+](=O)[O-])ccc1[O-])Oc1ccccc1. The molecule has 0 atom stereocenters. The van der Waals surface area contributed by atoms with E-state index in [0.29, 0.717) is 5.75 Å². The molecule has 0 radical (unpaired) electrons. The van der Waals surface area contributed by atoms with Crippen LogP contribution in [0.15, 0.2) is 48.5 Å². The number of carbonyl (C=O) groups excluding carboxylic acids is 1. The number of ether oxygens (including phenoxy) is 1. The van der Waals surface area contributed by atoms with Crippen molar-refractivity contribution < 1.29 is 19.6 Å². The molecule has 0 heterocycles. The summed E-state index contributed by atoms with van der Waals surface area (Å²) in [5.41, 5.74) is -0.500. The van der Waals surface area contributed by atoms with Crippen molar-refractivity contribution in [3.63, 3.8) is 0 Å². The first kappa shape index (κ1) is 13.3. The number of nitro benzene ring substituents is 1. The van der Waals surface area contributed by atoms with Crippen LogP contribution < -0.4 is 15.2 Å². The highest BCUT2D eigenvalue weighted by molar-refractivity contribution is 5.88. The number of hydrogen-bond donors (Lipinski definition) is 1. The topological polar surface area (TPSA) is 105 Å². The van der Waals surface area contributed by atoms with E-state index in [1.807, 2.05) is 0 Å². The highest BCUT2D eigenvalue weighted by Crippen LogP contribution is 2.25. The van der Waals surface area contributed by atoms with E-state index in [9.17, 15) is 20.0 Å². The third-order valence-electron chi connectivity index (χ3n) is 2.36. The zero-order valence-electron chi connectivity index (χ0n) is 10.1. The lowest BCUT2D eigenvalue weighted by atomic mass is 10.2. The number of anilines is 1. The number of hydrogen-bond acceptors (Lipinski definition) is 5. The molecule has 2 rings (SSSR count). The molecule has 0 aliphatic carbocycles. The summed E-state index contributed by atoms with van der Waals surface area (Å²) in [6.45, 7) is 0. The molecule has 0 saturated heterocycles. The Morgan fingerprint density at radius 1 is 1.15 bits per heavy atom. The molecule has 2 aromatic rings. The molecule has 0 bridgehead atoms. The van der Waals surface area contributed by atoms with Gasteiger partial charge in [-0.1, -0.05) is 30.0 Å². The van der Waals surface area contributed by atoms with Gasteiger partial charge in [-0.3, -0.25) is 15.4 Å². The molecule has 102 valence electrons. The van der Waals surface area contributed by atoms with Gasteiger partial charge in [0.15, 0.2) is 0 Å². The van der Waals surface area contributed by atoms with Crippen LogP contribution in [0.2, 0.25) is 0 Å². The summed E-state index contributed by atoms with van der Waals surface area (Å²) in [6.07, 6.45) is -0.895. The number of amides is 1. The second-order valence-corrected chi connectivity index (χ2v) is 3.77. The standard InChI is InChI=1S/C13H10N2O5/c16-12-7-6-9(15(18)19)8-11(12)14-13(17)20-10-4-2-1-3-5-10/h1-8,16H,(H,14,17)/p-1. The Labute approximate surface area is 113 Å². The van der Waals surface area contributed by atoms with Crippen molar-refractivity contribution in [1.29, 1.82) is 0 Å².